The number of fused-ring (bicyclic) bond motifs is 7. The third-order valence-electron chi connectivity index (χ3n) is 13.5. The Bertz CT molecular complexity index is 4010. The molecule has 12 aromatic carbocycles. The second kappa shape index (κ2) is 15.5. The first-order valence-electron chi connectivity index (χ1n) is 22.8. The Morgan fingerprint density at radius 1 is 0.258 bits per heavy atom. The van der Waals surface area contributed by atoms with Crippen LogP contribution >= 0.6 is 0 Å². The minimum absolute atomic E-state index is 1.08. The predicted molar refractivity (Wildman–Crippen MR) is 282 cm³/mol. The lowest BCUT2D eigenvalue weighted by atomic mass is 9.92. The fourth-order valence-corrected chi connectivity index (χ4v) is 10.5. The van der Waals surface area contributed by atoms with Gasteiger partial charge in [-0.05, 0) is 120 Å². The summed E-state index contributed by atoms with van der Waals surface area (Å²) >= 11 is 0. The fourth-order valence-electron chi connectivity index (χ4n) is 10.5. The lowest BCUT2D eigenvalue weighted by molar-refractivity contribution is 1.18. The van der Waals surface area contributed by atoms with Gasteiger partial charge in [-0.25, -0.2) is 0 Å². The molecule has 13 rings (SSSR count). The fraction of sp³-hybridized carbons (Fsp3) is 0. The first-order valence-corrected chi connectivity index (χ1v) is 22.8. The molecule has 0 saturated heterocycles. The number of para-hydroxylation sites is 2. The molecule has 1 aromatic heterocycles. The number of aromatic nitrogens is 1. The van der Waals surface area contributed by atoms with Crippen LogP contribution in [0.3, 0.4) is 0 Å². The number of rotatable bonds is 7. The van der Waals surface area contributed by atoms with Gasteiger partial charge in [0.05, 0.1) is 22.4 Å². The van der Waals surface area contributed by atoms with Gasteiger partial charge in [0.1, 0.15) is 0 Å². The van der Waals surface area contributed by atoms with Crippen LogP contribution in [0.1, 0.15) is 0 Å². The Balaban J connectivity index is 1.02. The van der Waals surface area contributed by atoms with Crippen molar-refractivity contribution in [2.75, 3.05) is 4.90 Å². The number of benzene rings is 12. The zero-order valence-electron chi connectivity index (χ0n) is 36.1. The zero-order valence-corrected chi connectivity index (χ0v) is 36.1. The van der Waals surface area contributed by atoms with Crippen LogP contribution in [0.4, 0.5) is 17.1 Å². The van der Waals surface area contributed by atoms with E-state index in [9.17, 15) is 0 Å². The summed E-state index contributed by atoms with van der Waals surface area (Å²) in [6.07, 6.45) is 0. The van der Waals surface area contributed by atoms with Gasteiger partial charge in [0.2, 0.25) is 0 Å². The number of nitrogens with zero attached hydrogens (tertiary/aromatic N) is 2. The monoisotopic (exact) mass is 838 g/mol. The Morgan fingerprint density at radius 3 is 1.53 bits per heavy atom. The van der Waals surface area contributed by atoms with Crippen molar-refractivity contribution >= 4 is 82.0 Å². The maximum Gasteiger partial charge on any atom is 0.0547 e. The van der Waals surface area contributed by atoms with Crippen LogP contribution in [0.15, 0.2) is 255 Å². The van der Waals surface area contributed by atoms with Gasteiger partial charge in [0, 0.05) is 33.1 Å². The SMILES string of the molecule is c1cc(-c2cccc(-n3c4ccccc4c4cc5ccccc5cc43)c2)cc(N(c2ccccc2-c2cccc3ccccc23)c2ccc(-c3cccc4ccccc34)c3ccccc23)c1. The van der Waals surface area contributed by atoms with Gasteiger partial charge in [-0.15, -0.1) is 0 Å². The Kier molecular flexibility index (Phi) is 8.89. The highest BCUT2D eigenvalue weighted by molar-refractivity contribution is 6.14. The maximum absolute atomic E-state index is 2.48. The van der Waals surface area contributed by atoms with Crippen LogP contribution in [0.2, 0.25) is 0 Å². The van der Waals surface area contributed by atoms with Gasteiger partial charge in [0.25, 0.3) is 0 Å². The van der Waals surface area contributed by atoms with Crippen LogP contribution in [-0.4, -0.2) is 4.57 Å². The molecule has 66 heavy (non-hydrogen) atoms. The average molecular weight is 839 g/mol. The van der Waals surface area contributed by atoms with E-state index < -0.39 is 0 Å². The minimum Gasteiger partial charge on any atom is -0.309 e. The minimum atomic E-state index is 1.08. The Morgan fingerprint density at radius 2 is 0.773 bits per heavy atom. The largest absolute Gasteiger partial charge is 0.309 e. The van der Waals surface area contributed by atoms with E-state index in [1.165, 1.54) is 87.1 Å². The van der Waals surface area contributed by atoms with Crippen molar-refractivity contribution in [3.8, 4) is 39.1 Å². The molecule has 2 nitrogen and oxygen atoms in total. The van der Waals surface area contributed by atoms with E-state index in [4.69, 9.17) is 0 Å². The zero-order chi connectivity index (χ0) is 43.6. The molecule has 0 amide bonds. The van der Waals surface area contributed by atoms with Gasteiger partial charge in [-0.3, -0.25) is 0 Å². The van der Waals surface area contributed by atoms with Gasteiger partial charge in [-0.2, -0.15) is 0 Å². The Hall–Kier alpha value is -8.72. The van der Waals surface area contributed by atoms with Crippen molar-refractivity contribution in [2.24, 2.45) is 0 Å². The lowest BCUT2D eigenvalue weighted by Gasteiger charge is -2.30. The molecule has 1 heterocycles. The van der Waals surface area contributed by atoms with E-state index in [1.54, 1.807) is 0 Å². The molecular weight excluding hydrogens is 797 g/mol. The van der Waals surface area contributed by atoms with E-state index in [0.29, 0.717) is 0 Å². The lowest BCUT2D eigenvalue weighted by Crippen LogP contribution is -2.12. The highest BCUT2D eigenvalue weighted by Gasteiger charge is 2.22. The van der Waals surface area contributed by atoms with E-state index >= 15 is 0 Å². The summed E-state index contributed by atoms with van der Waals surface area (Å²) in [6.45, 7) is 0. The first-order chi connectivity index (χ1) is 32.7. The summed E-state index contributed by atoms with van der Waals surface area (Å²) in [7, 11) is 0. The molecule has 0 aliphatic heterocycles. The molecule has 308 valence electrons. The summed E-state index contributed by atoms with van der Waals surface area (Å²) in [5.41, 5.74) is 14.0. The quantitative estimate of drug-likeness (QED) is 0.155. The summed E-state index contributed by atoms with van der Waals surface area (Å²) in [4.78, 5) is 2.48. The van der Waals surface area contributed by atoms with Crippen LogP contribution in [0.5, 0.6) is 0 Å². The second-order valence-electron chi connectivity index (χ2n) is 17.3. The average Bonchev–Trinajstić information content (AvgIpc) is 3.71. The van der Waals surface area contributed by atoms with Crippen LogP contribution < -0.4 is 4.90 Å². The van der Waals surface area contributed by atoms with Gasteiger partial charge in [-0.1, -0.05) is 200 Å². The number of hydrogen-bond acceptors (Lipinski definition) is 1. The molecule has 2 heteroatoms. The molecule has 0 radical (unpaired) electrons. The van der Waals surface area contributed by atoms with Gasteiger partial charge >= 0.3 is 0 Å². The summed E-state index contributed by atoms with van der Waals surface area (Å²) in [6, 6.07) is 93.5. The van der Waals surface area contributed by atoms with E-state index in [0.717, 1.165) is 33.9 Å². The molecule has 0 spiro atoms. The summed E-state index contributed by atoms with van der Waals surface area (Å²) < 4.78 is 2.43. The van der Waals surface area contributed by atoms with Crippen LogP contribution in [0.25, 0.3) is 104 Å². The van der Waals surface area contributed by atoms with E-state index in [1.807, 2.05) is 0 Å². The maximum atomic E-state index is 2.48. The molecule has 0 aliphatic carbocycles. The summed E-state index contributed by atoms with van der Waals surface area (Å²) in [5, 5.41) is 12.3. The molecule has 13 aromatic rings. The molecule has 0 aliphatic rings. The smallest absolute Gasteiger partial charge is 0.0547 e. The van der Waals surface area contributed by atoms with E-state index in [2.05, 4.69) is 264 Å². The molecule has 0 atom stereocenters. The van der Waals surface area contributed by atoms with Crippen molar-refractivity contribution in [2.45, 2.75) is 0 Å². The first kappa shape index (κ1) is 37.8. The highest BCUT2D eigenvalue weighted by atomic mass is 15.1. The second-order valence-corrected chi connectivity index (χ2v) is 17.3. The van der Waals surface area contributed by atoms with Gasteiger partial charge < -0.3 is 9.47 Å². The third-order valence-corrected chi connectivity index (χ3v) is 13.5. The highest BCUT2D eigenvalue weighted by Crippen LogP contribution is 2.47. The standard InChI is InChI=1S/C64H42N2/c1-2-20-48-42-64-60(41-47(48)19-1)59-32-10-12-36-62(59)66(64)50-26-14-24-46(40-50)45-23-13-25-49(39-45)65(61-35-11-9-31-57(61)54-34-16-22-44-18-4-6-28-52(44)54)63-38-37-56(55-29-7-8-30-58(55)63)53-33-15-21-43-17-3-5-27-51(43)53/h1-42H. The molecule has 0 fully saturated rings. The number of hydrogen-bond donors (Lipinski definition) is 0. The Labute approximate surface area is 383 Å². The predicted octanol–water partition coefficient (Wildman–Crippen LogP) is 17.9. The van der Waals surface area contributed by atoms with Crippen LogP contribution in [-0.2, 0) is 0 Å². The molecule has 0 N–H and O–H groups in total. The van der Waals surface area contributed by atoms with Gasteiger partial charge in [0.15, 0.2) is 0 Å². The topological polar surface area (TPSA) is 8.17 Å². The van der Waals surface area contributed by atoms with Crippen molar-refractivity contribution in [1.82, 2.24) is 4.57 Å². The third kappa shape index (κ3) is 6.18. The molecule has 0 saturated carbocycles. The summed E-state index contributed by atoms with van der Waals surface area (Å²) in [5.74, 6) is 0. The molecule has 0 bridgehead atoms. The van der Waals surface area contributed by atoms with Crippen LogP contribution in [0, 0.1) is 0 Å². The van der Waals surface area contributed by atoms with Crippen molar-refractivity contribution in [3.05, 3.63) is 255 Å². The van der Waals surface area contributed by atoms with Crippen molar-refractivity contribution in [1.29, 1.82) is 0 Å². The van der Waals surface area contributed by atoms with Crippen molar-refractivity contribution < 1.29 is 0 Å². The number of anilines is 3. The normalized spacial score (nSPS) is 11.6. The van der Waals surface area contributed by atoms with Crippen molar-refractivity contribution in [3.63, 3.8) is 0 Å². The molecule has 0 unspecified atom stereocenters. The molecular formula is C64H42N2. The van der Waals surface area contributed by atoms with E-state index in [-0.39, 0.29) is 0 Å².